The van der Waals surface area contributed by atoms with Gasteiger partial charge in [-0.1, -0.05) is 43.3 Å². The fourth-order valence-corrected chi connectivity index (χ4v) is 5.78. The largest absolute Gasteiger partial charge is 0.493 e. The SMILES string of the molecule is C[C@H](c1ccccn1)C1COc2cc(-c3ccccc3C(=O)NS(=O)(=O)C3(C)CC3)ccc2[C@H]1O. The van der Waals surface area contributed by atoms with Crippen LogP contribution in [0.1, 0.15) is 60.3 Å². The number of pyridine rings is 1. The van der Waals surface area contributed by atoms with Gasteiger partial charge in [-0.05, 0) is 55.2 Å². The van der Waals surface area contributed by atoms with Crippen molar-refractivity contribution in [3.05, 3.63) is 83.7 Å². The summed E-state index contributed by atoms with van der Waals surface area (Å²) < 4.78 is 32.6. The number of amides is 1. The number of carbonyl (C=O) groups is 1. The van der Waals surface area contributed by atoms with E-state index in [-0.39, 0.29) is 17.4 Å². The van der Waals surface area contributed by atoms with Gasteiger partial charge in [0.1, 0.15) is 5.75 Å². The second-order valence-corrected chi connectivity index (χ2v) is 11.8. The van der Waals surface area contributed by atoms with E-state index in [9.17, 15) is 18.3 Å². The number of carbonyl (C=O) groups excluding carboxylic acids is 1. The van der Waals surface area contributed by atoms with Crippen molar-refractivity contribution >= 4 is 15.9 Å². The predicted octanol–water partition coefficient (Wildman–Crippen LogP) is 4.21. The third kappa shape index (κ3) is 4.32. The predicted molar refractivity (Wildman–Crippen MR) is 132 cm³/mol. The Labute approximate surface area is 205 Å². The summed E-state index contributed by atoms with van der Waals surface area (Å²) in [6.07, 6.45) is 2.10. The molecule has 1 amide bonds. The first-order valence-electron chi connectivity index (χ1n) is 11.7. The van der Waals surface area contributed by atoms with Crippen LogP contribution in [0.2, 0.25) is 0 Å². The monoisotopic (exact) mass is 492 g/mol. The number of aliphatic hydroxyl groups is 1. The molecule has 0 bridgehead atoms. The van der Waals surface area contributed by atoms with Crippen LogP contribution in [0.5, 0.6) is 5.75 Å². The number of aromatic nitrogens is 1. The maximum atomic E-state index is 13.0. The zero-order chi connectivity index (χ0) is 24.8. The number of rotatable bonds is 6. The average Bonchev–Trinajstić information content (AvgIpc) is 3.63. The smallest absolute Gasteiger partial charge is 0.265 e. The van der Waals surface area contributed by atoms with Crippen molar-refractivity contribution in [2.24, 2.45) is 5.92 Å². The number of nitrogens with one attached hydrogen (secondary N) is 1. The molecule has 1 saturated carbocycles. The summed E-state index contributed by atoms with van der Waals surface area (Å²) in [7, 11) is -3.75. The molecule has 182 valence electrons. The van der Waals surface area contributed by atoms with Gasteiger partial charge >= 0.3 is 0 Å². The molecule has 3 aromatic rings. The second-order valence-electron chi connectivity index (χ2n) is 9.65. The van der Waals surface area contributed by atoms with Crippen LogP contribution in [0.3, 0.4) is 0 Å². The Morgan fingerprint density at radius 2 is 1.89 bits per heavy atom. The first-order chi connectivity index (χ1) is 16.7. The highest BCUT2D eigenvalue weighted by Gasteiger charge is 2.51. The molecule has 2 heterocycles. The molecule has 2 aliphatic rings. The minimum Gasteiger partial charge on any atom is -0.493 e. The first-order valence-corrected chi connectivity index (χ1v) is 13.2. The van der Waals surface area contributed by atoms with Gasteiger partial charge in [0.2, 0.25) is 10.0 Å². The molecule has 35 heavy (non-hydrogen) atoms. The molecule has 0 spiro atoms. The van der Waals surface area contributed by atoms with Gasteiger partial charge in [0.25, 0.3) is 5.91 Å². The Morgan fingerprint density at radius 1 is 1.14 bits per heavy atom. The molecular weight excluding hydrogens is 464 g/mol. The first kappa shape index (κ1) is 23.5. The van der Waals surface area contributed by atoms with Crippen LogP contribution in [0, 0.1) is 5.92 Å². The van der Waals surface area contributed by atoms with Crippen molar-refractivity contribution < 1.29 is 23.1 Å². The maximum Gasteiger partial charge on any atom is 0.265 e. The molecule has 1 aromatic heterocycles. The highest BCUT2D eigenvalue weighted by molar-refractivity contribution is 7.91. The molecule has 2 N–H and O–H groups in total. The summed E-state index contributed by atoms with van der Waals surface area (Å²) >= 11 is 0. The molecule has 1 unspecified atom stereocenters. The van der Waals surface area contributed by atoms with Gasteiger partial charge in [0, 0.05) is 34.9 Å². The summed E-state index contributed by atoms with van der Waals surface area (Å²) in [6, 6.07) is 18.0. The van der Waals surface area contributed by atoms with E-state index >= 15 is 0 Å². The van der Waals surface area contributed by atoms with Crippen LogP contribution in [0.25, 0.3) is 11.1 Å². The van der Waals surface area contributed by atoms with Gasteiger partial charge in [-0.15, -0.1) is 0 Å². The lowest BCUT2D eigenvalue weighted by Gasteiger charge is -2.34. The third-order valence-corrected chi connectivity index (χ3v) is 9.44. The highest BCUT2D eigenvalue weighted by atomic mass is 32.2. The number of fused-ring (bicyclic) bond motifs is 1. The third-order valence-electron chi connectivity index (χ3n) is 7.28. The van der Waals surface area contributed by atoms with Crippen molar-refractivity contribution in [1.82, 2.24) is 9.71 Å². The fourth-order valence-electron chi connectivity index (χ4n) is 4.54. The van der Waals surface area contributed by atoms with Crippen molar-refractivity contribution in [1.29, 1.82) is 0 Å². The van der Waals surface area contributed by atoms with Crippen molar-refractivity contribution in [3.63, 3.8) is 0 Å². The number of benzene rings is 2. The molecule has 0 saturated heterocycles. The number of hydrogen-bond donors (Lipinski definition) is 2. The summed E-state index contributed by atoms with van der Waals surface area (Å²) in [5.41, 5.74) is 3.13. The van der Waals surface area contributed by atoms with Gasteiger partial charge in [-0.3, -0.25) is 9.78 Å². The molecule has 3 atom stereocenters. The van der Waals surface area contributed by atoms with Crippen LogP contribution in [-0.4, -0.2) is 35.8 Å². The van der Waals surface area contributed by atoms with Crippen molar-refractivity contribution in [3.8, 4) is 16.9 Å². The molecule has 1 aliphatic heterocycles. The number of hydrogen-bond acceptors (Lipinski definition) is 6. The topological polar surface area (TPSA) is 106 Å². The molecule has 5 rings (SSSR count). The number of ether oxygens (including phenoxy) is 1. The van der Waals surface area contributed by atoms with Gasteiger partial charge in [-0.2, -0.15) is 0 Å². The molecule has 7 nitrogen and oxygen atoms in total. The van der Waals surface area contributed by atoms with E-state index in [1.807, 2.05) is 37.3 Å². The Hall–Kier alpha value is -3.23. The fraction of sp³-hybridized carbons (Fsp3) is 0.333. The van der Waals surface area contributed by atoms with Crippen LogP contribution in [0.15, 0.2) is 66.9 Å². The van der Waals surface area contributed by atoms with Crippen LogP contribution in [-0.2, 0) is 10.0 Å². The quantitative estimate of drug-likeness (QED) is 0.534. The number of sulfonamides is 1. The summed E-state index contributed by atoms with van der Waals surface area (Å²) in [4.78, 5) is 17.4. The zero-order valence-electron chi connectivity index (χ0n) is 19.6. The highest BCUT2D eigenvalue weighted by Crippen LogP contribution is 2.44. The molecule has 8 heteroatoms. The van der Waals surface area contributed by atoms with Gasteiger partial charge in [-0.25, -0.2) is 13.1 Å². The Kier molecular flexibility index (Phi) is 5.89. The van der Waals surface area contributed by atoms with Crippen molar-refractivity contribution in [2.75, 3.05) is 6.61 Å². The van der Waals surface area contributed by atoms with Gasteiger partial charge < -0.3 is 9.84 Å². The second kappa shape index (κ2) is 8.77. The zero-order valence-corrected chi connectivity index (χ0v) is 20.5. The number of nitrogens with zero attached hydrogens (tertiary/aromatic N) is 1. The van der Waals surface area contributed by atoms with Crippen molar-refractivity contribution in [2.45, 2.75) is 43.5 Å². The van der Waals surface area contributed by atoms with Crippen LogP contribution in [0.4, 0.5) is 0 Å². The summed E-state index contributed by atoms with van der Waals surface area (Å²) in [5.74, 6) is -0.265. The minimum atomic E-state index is -3.75. The van der Waals surface area contributed by atoms with E-state index in [0.29, 0.717) is 41.9 Å². The normalized spacial score (nSPS) is 21.3. The maximum absolute atomic E-state index is 13.0. The lowest BCUT2D eigenvalue weighted by atomic mass is 9.81. The van der Waals surface area contributed by atoms with E-state index in [4.69, 9.17) is 4.74 Å². The Bertz CT molecular complexity index is 1370. The van der Waals surface area contributed by atoms with E-state index in [0.717, 1.165) is 5.69 Å². The lowest BCUT2D eigenvalue weighted by molar-refractivity contribution is 0.0379. The summed E-state index contributed by atoms with van der Waals surface area (Å²) in [6.45, 7) is 4.00. The molecule has 1 aliphatic carbocycles. The Morgan fingerprint density at radius 3 is 2.60 bits per heavy atom. The van der Waals surface area contributed by atoms with E-state index < -0.39 is 26.8 Å². The molecular formula is C27H28N2O5S. The van der Waals surface area contributed by atoms with E-state index in [2.05, 4.69) is 9.71 Å². The minimum absolute atomic E-state index is 0.00118. The van der Waals surface area contributed by atoms with Crippen LogP contribution < -0.4 is 9.46 Å². The lowest BCUT2D eigenvalue weighted by Crippen LogP contribution is -2.38. The van der Waals surface area contributed by atoms with E-state index in [1.54, 1.807) is 43.5 Å². The van der Waals surface area contributed by atoms with Crippen LogP contribution >= 0.6 is 0 Å². The molecule has 2 aromatic carbocycles. The number of aliphatic hydroxyl groups excluding tert-OH is 1. The Balaban J connectivity index is 1.41. The van der Waals surface area contributed by atoms with Gasteiger partial charge in [0.05, 0.1) is 17.5 Å². The van der Waals surface area contributed by atoms with Gasteiger partial charge in [0.15, 0.2) is 0 Å². The molecule has 0 radical (unpaired) electrons. The molecule has 1 fully saturated rings. The standard InChI is InChI=1S/C27H28N2O5S/c1-17(23-9-5-6-14-28-23)22-16-34-24-15-18(10-11-21(24)25(22)30)19-7-3-4-8-20(19)26(31)29-35(32,33)27(2)12-13-27/h3-11,14-15,17,22,25,30H,12-13,16H2,1-2H3,(H,29,31)/t17-,22?,25+/m0/s1. The average molecular weight is 493 g/mol. The summed E-state index contributed by atoms with van der Waals surface area (Å²) in [5, 5.41) is 11.1. The van der Waals surface area contributed by atoms with E-state index in [1.165, 1.54) is 0 Å².